The van der Waals surface area contributed by atoms with Crippen LogP contribution in [-0.4, -0.2) is 36.6 Å². The molecule has 0 aliphatic carbocycles. The van der Waals surface area contributed by atoms with Gasteiger partial charge in [-0.1, -0.05) is 17.7 Å². The number of thiocarbonyl (C=S) groups is 1. The van der Waals surface area contributed by atoms with E-state index < -0.39 is 5.97 Å². The standard InChI is InChI=1S/C18H19N3O4S/c1-11-4-7-13(8-5-11)20-18(26)21-19-10-12-6-9-14(24-2)16(25-3)15(12)17(22)23/h4-10H,1-3H3,(H,22,23)(H2,20,21,26)/b19-10-. The van der Waals surface area contributed by atoms with E-state index in [1.165, 1.54) is 20.4 Å². The van der Waals surface area contributed by atoms with Crippen LogP contribution < -0.4 is 20.2 Å². The first-order valence-corrected chi connectivity index (χ1v) is 8.02. The van der Waals surface area contributed by atoms with E-state index in [2.05, 4.69) is 15.8 Å². The molecule has 26 heavy (non-hydrogen) atoms. The van der Waals surface area contributed by atoms with Gasteiger partial charge in [0.2, 0.25) is 0 Å². The van der Waals surface area contributed by atoms with Gasteiger partial charge in [-0.3, -0.25) is 5.43 Å². The summed E-state index contributed by atoms with van der Waals surface area (Å²) in [7, 11) is 2.82. The molecule has 0 aliphatic rings. The average Bonchev–Trinajstić information content (AvgIpc) is 2.62. The van der Waals surface area contributed by atoms with Crippen LogP contribution in [0, 0.1) is 6.92 Å². The summed E-state index contributed by atoms with van der Waals surface area (Å²) in [5.41, 5.74) is 4.91. The number of hydrogen-bond donors (Lipinski definition) is 3. The first-order valence-electron chi connectivity index (χ1n) is 7.61. The molecule has 0 aliphatic heterocycles. The number of carbonyl (C=O) groups is 1. The van der Waals surface area contributed by atoms with Gasteiger partial charge < -0.3 is 19.9 Å². The van der Waals surface area contributed by atoms with Crippen molar-refractivity contribution in [2.45, 2.75) is 6.92 Å². The van der Waals surface area contributed by atoms with Gasteiger partial charge in [-0.2, -0.15) is 5.10 Å². The zero-order chi connectivity index (χ0) is 19.1. The van der Waals surface area contributed by atoms with Gasteiger partial charge in [-0.25, -0.2) is 4.79 Å². The predicted octanol–water partition coefficient (Wildman–Crippen LogP) is 3.03. The second-order valence-corrected chi connectivity index (χ2v) is 5.67. The quantitative estimate of drug-likeness (QED) is 0.407. The van der Waals surface area contributed by atoms with Crippen LogP contribution in [0.4, 0.5) is 5.69 Å². The van der Waals surface area contributed by atoms with Crippen molar-refractivity contribution in [1.29, 1.82) is 0 Å². The number of carboxylic acid groups (broad SMARTS) is 1. The van der Waals surface area contributed by atoms with Crippen LogP contribution in [0.15, 0.2) is 41.5 Å². The Morgan fingerprint density at radius 1 is 1.15 bits per heavy atom. The van der Waals surface area contributed by atoms with Gasteiger partial charge in [0.1, 0.15) is 5.56 Å². The molecule has 0 aromatic heterocycles. The number of benzene rings is 2. The number of anilines is 1. The van der Waals surface area contributed by atoms with Gasteiger partial charge in [0.25, 0.3) is 0 Å². The molecule has 7 nitrogen and oxygen atoms in total. The van der Waals surface area contributed by atoms with Gasteiger partial charge in [-0.05, 0) is 43.4 Å². The largest absolute Gasteiger partial charge is 0.493 e. The summed E-state index contributed by atoms with van der Waals surface area (Å²) in [6, 6.07) is 10.9. The summed E-state index contributed by atoms with van der Waals surface area (Å²) in [4.78, 5) is 11.6. The van der Waals surface area contributed by atoms with E-state index in [1.54, 1.807) is 12.1 Å². The molecule has 0 saturated carbocycles. The van der Waals surface area contributed by atoms with Crippen LogP contribution >= 0.6 is 12.2 Å². The fourth-order valence-electron chi connectivity index (χ4n) is 2.23. The minimum atomic E-state index is -1.15. The molecule has 0 heterocycles. The summed E-state index contributed by atoms with van der Waals surface area (Å²) >= 11 is 5.16. The Morgan fingerprint density at radius 3 is 2.42 bits per heavy atom. The molecule has 2 rings (SSSR count). The Hall–Kier alpha value is -3.13. The van der Waals surface area contributed by atoms with Crippen molar-refractivity contribution in [3.8, 4) is 11.5 Å². The molecule has 0 fully saturated rings. The van der Waals surface area contributed by atoms with Crippen molar-refractivity contribution < 1.29 is 19.4 Å². The molecular weight excluding hydrogens is 354 g/mol. The van der Waals surface area contributed by atoms with E-state index in [0.29, 0.717) is 11.3 Å². The van der Waals surface area contributed by atoms with Crippen molar-refractivity contribution in [2.75, 3.05) is 19.5 Å². The highest BCUT2D eigenvalue weighted by atomic mass is 32.1. The molecule has 2 aromatic rings. The van der Waals surface area contributed by atoms with Crippen molar-refractivity contribution in [1.82, 2.24) is 5.43 Å². The number of aromatic carboxylic acids is 1. The first kappa shape index (κ1) is 19.2. The van der Waals surface area contributed by atoms with Crippen molar-refractivity contribution in [3.05, 3.63) is 53.1 Å². The number of hydrazone groups is 1. The first-order chi connectivity index (χ1) is 12.5. The van der Waals surface area contributed by atoms with E-state index in [1.807, 2.05) is 31.2 Å². The Morgan fingerprint density at radius 2 is 1.85 bits per heavy atom. The predicted molar refractivity (Wildman–Crippen MR) is 105 cm³/mol. The minimum absolute atomic E-state index is 0.0465. The molecule has 0 unspecified atom stereocenters. The Kier molecular flexibility index (Phi) is 6.51. The van der Waals surface area contributed by atoms with Crippen LogP contribution in [0.3, 0.4) is 0 Å². The topological polar surface area (TPSA) is 92.2 Å². The molecular formula is C18H19N3O4S. The molecule has 0 amide bonds. The maximum Gasteiger partial charge on any atom is 0.340 e. The third-order valence-electron chi connectivity index (χ3n) is 3.47. The maximum absolute atomic E-state index is 11.6. The molecule has 0 spiro atoms. The normalized spacial score (nSPS) is 10.4. The number of methoxy groups -OCH3 is 2. The van der Waals surface area contributed by atoms with Crippen LogP contribution in [0.2, 0.25) is 0 Å². The number of ether oxygens (including phenoxy) is 2. The second-order valence-electron chi connectivity index (χ2n) is 5.26. The molecule has 0 bridgehead atoms. The van der Waals surface area contributed by atoms with Crippen LogP contribution in [0.1, 0.15) is 21.5 Å². The lowest BCUT2D eigenvalue weighted by atomic mass is 10.1. The van der Waals surface area contributed by atoms with Gasteiger partial charge in [0.15, 0.2) is 16.6 Å². The fourth-order valence-corrected chi connectivity index (χ4v) is 2.40. The van der Waals surface area contributed by atoms with E-state index in [4.69, 9.17) is 21.7 Å². The van der Waals surface area contributed by atoms with Crippen LogP contribution in [-0.2, 0) is 0 Å². The highest BCUT2D eigenvalue weighted by molar-refractivity contribution is 7.80. The number of aryl methyl sites for hydroxylation is 1. The highest BCUT2D eigenvalue weighted by Crippen LogP contribution is 2.32. The lowest BCUT2D eigenvalue weighted by molar-refractivity contribution is 0.0692. The van der Waals surface area contributed by atoms with E-state index in [-0.39, 0.29) is 16.4 Å². The maximum atomic E-state index is 11.6. The van der Waals surface area contributed by atoms with Crippen molar-refractivity contribution in [3.63, 3.8) is 0 Å². The summed E-state index contributed by atoms with van der Waals surface area (Å²) in [6.45, 7) is 1.99. The number of carboxylic acids is 1. The monoisotopic (exact) mass is 373 g/mol. The van der Waals surface area contributed by atoms with Gasteiger partial charge in [-0.15, -0.1) is 0 Å². The summed E-state index contributed by atoms with van der Waals surface area (Å²) < 4.78 is 10.3. The minimum Gasteiger partial charge on any atom is -0.493 e. The zero-order valence-electron chi connectivity index (χ0n) is 14.6. The summed E-state index contributed by atoms with van der Waals surface area (Å²) in [5.74, 6) is -0.696. The molecule has 8 heteroatoms. The number of rotatable bonds is 6. The zero-order valence-corrected chi connectivity index (χ0v) is 15.4. The Bertz CT molecular complexity index is 835. The number of nitrogens with one attached hydrogen (secondary N) is 2. The molecule has 3 N–H and O–H groups in total. The fraction of sp³-hybridized carbons (Fsp3) is 0.167. The summed E-state index contributed by atoms with van der Waals surface area (Å²) in [6.07, 6.45) is 1.36. The van der Waals surface area contributed by atoms with Gasteiger partial charge in [0.05, 0.1) is 20.4 Å². The molecule has 2 aromatic carbocycles. The van der Waals surface area contributed by atoms with Crippen molar-refractivity contribution >= 4 is 35.2 Å². The second kappa shape index (κ2) is 8.82. The lowest BCUT2D eigenvalue weighted by Crippen LogP contribution is -2.24. The van der Waals surface area contributed by atoms with E-state index in [0.717, 1.165) is 11.3 Å². The number of nitrogens with zero attached hydrogens (tertiary/aromatic N) is 1. The molecule has 136 valence electrons. The third-order valence-corrected chi connectivity index (χ3v) is 3.66. The molecule has 0 saturated heterocycles. The van der Waals surface area contributed by atoms with E-state index in [9.17, 15) is 9.90 Å². The van der Waals surface area contributed by atoms with Gasteiger partial charge >= 0.3 is 5.97 Å². The van der Waals surface area contributed by atoms with Crippen LogP contribution in [0.25, 0.3) is 0 Å². The SMILES string of the molecule is COc1ccc(/C=N\NC(=S)Nc2ccc(C)cc2)c(C(=O)O)c1OC. The molecule has 0 radical (unpaired) electrons. The van der Waals surface area contributed by atoms with Gasteiger partial charge in [0, 0.05) is 11.3 Å². The smallest absolute Gasteiger partial charge is 0.340 e. The molecule has 0 atom stereocenters. The van der Waals surface area contributed by atoms with Crippen molar-refractivity contribution in [2.24, 2.45) is 5.10 Å². The Labute approximate surface area is 156 Å². The van der Waals surface area contributed by atoms with Crippen LogP contribution in [0.5, 0.6) is 11.5 Å². The third kappa shape index (κ3) is 4.70. The average molecular weight is 373 g/mol. The Balaban J connectivity index is 2.13. The number of hydrogen-bond acceptors (Lipinski definition) is 5. The van der Waals surface area contributed by atoms with E-state index >= 15 is 0 Å². The highest BCUT2D eigenvalue weighted by Gasteiger charge is 2.19. The summed E-state index contributed by atoms with van der Waals surface area (Å²) in [5, 5.41) is 16.7. The lowest BCUT2D eigenvalue weighted by Gasteiger charge is -2.12.